The number of amidine groups is 1. The summed E-state index contributed by atoms with van der Waals surface area (Å²) in [5, 5.41) is 0.847. The third-order valence-corrected chi connectivity index (χ3v) is 6.50. The van der Waals surface area contributed by atoms with Crippen molar-refractivity contribution in [3.8, 4) is 0 Å². The molecule has 0 N–H and O–H groups in total. The number of benzene rings is 1. The van der Waals surface area contributed by atoms with Gasteiger partial charge in [0.05, 0.1) is 5.69 Å². The third-order valence-electron chi connectivity index (χ3n) is 5.48. The van der Waals surface area contributed by atoms with Crippen molar-refractivity contribution in [3.05, 3.63) is 24.3 Å². The summed E-state index contributed by atoms with van der Waals surface area (Å²) in [5.41, 5.74) is 0.585. The lowest BCUT2D eigenvalue weighted by Crippen LogP contribution is -2.52. The first kappa shape index (κ1) is 16.1. The lowest BCUT2D eigenvalue weighted by atomic mass is 9.94. The Kier molecular flexibility index (Phi) is 4.14. The molecule has 1 fully saturated rings. The maximum absolute atomic E-state index is 12.6. The highest BCUT2D eigenvalue weighted by atomic mass is 32.2. The number of carbonyl (C=O) groups excluding carboxylic acids is 1. The second-order valence-electron chi connectivity index (χ2n) is 6.90. The zero-order valence-electron chi connectivity index (χ0n) is 14.4. The quantitative estimate of drug-likeness (QED) is 0.838. The molecule has 0 spiro atoms. The predicted octanol–water partition coefficient (Wildman–Crippen LogP) is 2.28. The summed E-state index contributed by atoms with van der Waals surface area (Å²) in [5.74, 6) is 0.00620. The first-order valence-corrected chi connectivity index (χ1v) is 9.58. The maximum Gasteiger partial charge on any atom is 0.274 e. The van der Waals surface area contributed by atoms with Gasteiger partial charge in [0.15, 0.2) is 5.17 Å². The van der Waals surface area contributed by atoms with E-state index < -0.39 is 5.54 Å². The second-order valence-corrected chi connectivity index (χ2v) is 7.91. The molecule has 0 aromatic heterocycles. The average Bonchev–Trinajstić information content (AvgIpc) is 3.09. The van der Waals surface area contributed by atoms with Crippen molar-refractivity contribution in [3.63, 3.8) is 0 Å². The molecular formula is C18H24N4OS. The molecule has 3 aliphatic heterocycles. The Labute approximate surface area is 147 Å². The van der Waals surface area contributed by atoms with E-state index in [1.165, 1.54) is 4.90 Å². The van der Waals surface area contributed by atoms with Crippen LogP contribution in [0.15, 0.2) is 34.2 Å². The number of nitrogens with zero attached hydrogens (tertiary/aromatic N) is 4. The molecule has 1 atom stereocenters. The van der Waals surface area contributed by atoms with Crippen LogP contribution < -0.4 is 4.90 Å². The van der Waals surface area contributed by atoms with Gasteiger partial charge in [0, 0.05) is 37.6 Å². The molecule has 1 saturated heterocycles. The van der Waals surface area contributed by atoms with Gasteiger partial charge in [0.1, 0.15) is 5.54 Å². The van der Waals surface area contributed by atoms with Crippen LogP contribution in [0.5, 0.6) is 0 Å². The smallest absolute Gasteiger partial charge is 0.274 e. The van der Waals surface area contributed by atoms with Gasteiger partial charge >= 0.3 is 0 Å². The van der Waals surface area contributed by atoms with Crippen molar-refractivity contribution in [1.82, 2.24) is 9.80 Å². The molecule has 0 saturated carbocycles. The number of para-hydroxylation sites is 1. The third kappa shape index (κ3) is 2.57. The number of anilines is 1. The number of thioether (sulfide) groups is 1. The normalized spacial score (nSPS) is 27.3. The fourth-order valence-corrected chi connectivity index (χ4v) is 4.88. The number of amides is 1. The van der Waals surface area contributed by atoms with Crippen LogP contribution in [0.4, 0.5) is 5.69 Å². The molecule has 0 aliphatic carbocycles. The van der Waals surface area contributed by atoms with Gasteiger partial charge in [-0.2, -0.15) is 4.99 Å². The molecule has 4 rings (SSSR count). The molecule has 1 amide bonds. The average molecular weight is 344 g/mol. The maximum atomic E-state index is 12.6. The van der Waals surface area contributed by atoms with Crippen molar-refractivity contribution in [2.45, 2.75) is 30.7 Å². The van der Waals surface area contributed by atoms with Gasteiger partial charge in [-0.1, -0.05) is 19.1 Å². The van der Waals surface area contributed by atoms with Crippen molar-refractivity contribution < 1.29 is 4.79 Å². The Morgan fingerprint density at radius 2 is 1.88 bits per heavy atom. The van der Waals surface area contributed by atoms with Crippen molar-refractivity contribution in [1.29, 1.82) is 0 Å². The molecule has 3 heterocycles. The summed E-state index contributed by atoms with van der Waals surface area (Å²) in [6.07, 6.45) is 0.819. The topological polar surface area (TPSA) is 39.1 Å². The van der Waals surface area contributed by atoms with E-state index in [2.05, 4.69) is 45.7 Å². The van der Waals surface area contributed by atoms with Crippen LogP contribution in [0.2, 0.25) is 0 Å². The zero-order valence-corrected chi connectivity index (χ0v) is 15.2. The molecule has 6 heteroatoms. The number of piperazine rings is 1. The molecule has 5 nitrogen and oxygen atoms in total. The van der Waals surface area contributed by atoms with E-state index in [4.69, 9.17) is 0 Å². The van der Waals surface area contributed by atoms with Crippen molar-refractivity contribution in [2.75, 3.05) is 44.2 Å². The number of rotatable bonds is 4. The monoisotopic (exact) mass is 344 g/mol. The summed E-state index contributed by atoms with van der Waals surface area (Å²) < 4.78 is 0. The molecular weight excluding hydrogens is 320 g/mol. The van der Waals surface area contributed by atoms with E-state index in [1.807, 2.05) is 12.1 Å². The van der Waals surface area contributed by atoms with Crippen LogP contribution in [0, 0.1) is 0 Å². The molecule has 1 aromatic rings. The summed E-state index contributed by atoms with van der Waals surface area (Å²) in [6, 6.07) is 8.29. The summed E-state index contributed by atoms with van der Waals surface area (Å²) in [7, 11) is 0. The fourth-order valence-electron chi connectivity index (χ4n) is 3.75. The van der Waals surface area contributed by atoms with Crippen molar-refractivity contribution in [2.24, 2.45) is 4.99 Å². The number of likely N-dealkylation sites (N-methyl/N-ethyl adjacent to an activating group) is 1. The number of fused-ring (bicyclic) bond motifs is 3. The molecule has 128 valence electrons. The fraction of sp³-hybridized carbons (Fsp3) is 0.556. The van der Waals surface area contributed by atoms with Crippen LogP contribution >= 0.6 is 11.8 Å². The van der Waals surface area contributed by atoms with Gasteiger partial charge in [-0.25, -0.2) is 0 Å². The lowest BCUT2D eigenvalue weighted by molar-refractivity contribution is -0.121. The molecule has 1 aromatic carbocycles. The van der Waals surface area contributed by atoms with Gasteiger partial charge in [0.2, 0.25) is 0 Å². The van der Waals surface area contributed by atoms with Crippen molar-refractivity contribution >= 4 is 28.5 Å². The Hall–Kier alpha value is -1.37. The van der Waals surface area contributed by atoms with E-state index >= 15 is 0 Å². The van der Waals surface area contributed by atoms with Crippen LogP contribution in [0.3, 0.4) is 0 Å². The number of hydrogen-bond donors (Lipinski definition) is 0. The number of aliphatic imine (C=N–C) groups is 1. The van der Waals surface area contributed by atoms with Gasteiger partial charge in [0.25, 0.3) is 5.91 Å². The number of hydrogen-bond acceptors (Lipinski definition) is 5. The molecule has 24 heavy (non-hydrogen) atoms. The highest BCUT2D eigenvalue weighted by molar-refractivity contribution is 8.14. The Bertz CT molecular complexity index is 683. The first-order chi connectivity index (χ1) is 11.6. The Morgan fingerprint density at radius 1 is 1.17 bits per heavy atom. The Morgan fingerprint density at radius 3 is 2.62 bits per heavy atom. The van der Waals surface area contributed by atoms with E-state index in [9.17, 15) is 4.79 Å². The van der Waals surface area contributed by atoms with Gasteiger partial charge in [-0.05, 0) is 43.8 Å². The van der Waals surface area contributed by atoms with E-state index in [0.717, 1.165) is 56.5 Å². The van der Waals surface area contributed by atoms with E-state index in [1.54, 1.807) is 11.8 Å². The van der Waals surface area contributed by atoms with Gasteiger partial charge in [-0.3, -0.25) is 4.79 Å². The van der Waals surface area contributed by atoms with Gasteiger partial charge in [-0.15, -0.1) is 0 Å². The summed E-state index contributed by atoms with van der Waals surface area (Å²) in [6.45, 7) is 10.8. The molecule has 1 unspecified atom stereocenters. The minimum Gasteiger partial charge on any atom is -0.304 e. The molecule has 3 aliphatic rings. The highest BCUT2D eigenvalue weighted by Crippen LogP contribution is 2.48. The minimum absolute atomic E-state index is 0.00620. The molecule has 0 bridgehead atoms. The van der Waals surface area contributed by atoms with Crippen LogP contribution in [0.25, 0.3) is 0 Å². The first-order valence-electron chi connectivity index (χ1n) is 8.77. The standard InChI is InChI=1S/C18H24N4OS/c1-3-20-10-12-21(13-11-20)9-8-18(2)16(23)19-17-22(18)14-6-4-5-7-15(14)24-17/h4-7H,3,8-13H2,1-2H3. The Balaban J connectivity index is 1.48. The van der Waals surface area contributed by atoms with Crippen LogP contribution in [-0.2, 0) is 4.79 Å². The van der Waals surface area contributed by atoms with Crippen LogP contribution in [-0.4, -0.2) is 65.7 Å². The van der Waals surface area contributed by atoms with E-state index in [-0.39, 0.29) is 5.91 Å². The van der Waals surface area contributed by atoms with Gasteiger partial charge < -0.3 is 14.7 Å². The largest absolute Gasteiger partial charge is 0.304 e. The zero-order chi connectivity index (χ0) is 16.7. The SMILES string of the molecule is CCN1CCN(CCC2(C)C(=O)N=C3Sc4ccccc4N32)CC1. The van der Waals surface area contributed by atoms with Crippen LogP contribution in [0.1, 0.15) is 20.3 Å². The minimum atomic E-state index is -0.545. The highest BCUT2D eigenvalue weighted by Gasteiger charge is 2.50. The van der Waals surface area contributed by atoms with E-state index in [0.29, 0.717) is 0 Å². The lowest BCUT2D eigenvalue weighted by Gasteiger charge is -2.37. The summed E-state index contributed by atoms with van der Waals surface area (Å²) in [4.78, 5) is 25.3. The second kappa shape index (κ2) is 6.17. The molecule has 0 radical (unpaired) electrons. The number of carbonyl (C=O) groups is 1. The summed E-state index contributed by atoms with van der Waals surface area (Å²) >= 11 is 1.61. The predicted molar refractivity (Wildman–Crippen MR) is 98.8 cm³/mol.